The van der Waals surface area contributed by atoms with Gasteiger partial charge in [-0.3, -0.25) is 4.79 Å². The average Bonchev–Trinajstić information content (AvgIpc) is 3.12. The van der Waals surface area contributed by atoms with E-state index in [0.29, 0.717) is 0 Å². The Kier molecular flexibility index (Phi) is 4.32. The van der Waals surface area contributed by atoms with Crippen molar-refractivity contribution in [3.05, 3.63) is 36.0 Å². The Morgan fingerprint density at radius 1 is 1.29 bits per heavy atom. The molecule has 0 bridgehead atoms. The number of fused-ring (bicyclic) bond motifs is 1. The molecule has 7 heteroatoms. The maximum Gasteiger partial charge on any atom is 0.178 e. The number of para-hydroxylation sites is 1. The number of H-pyrrole nitrogens is 1. The SMILES string of the molecule is CSc1nnc(SC(C)C(=O)c2c[nH]c3ccccc23)s1. The topological polar surface area (TPSA) is 58.6 Å². The van der Waals surface area contributed by atoms with Gasteiger partial charge < -0.3 is 4.98 Å². The van der Waals surface area contributed by atoms with Crippen LogP contribution in [0.2, 0.25) is 0 Å². The van der Waals surface area contributed by atoms with E-state index < -0.39 is 0 Å². The van der Waals surface area contributed by atoms with Crippen molar-refractivity contribution in [2.24, 2.45) is 0 Å². The van der Waals surface area contributed by atoms with Gasteiger partial charge in [0, 0.05) is 22.7 Å². The first-order valence-corrected chi connectivity index (χ1v) is 9.25. The van der Waals surface area contributed by atoms with Crippen molar-refractivity contribution in [2.75, 3.05) is 6.26 Å². The molecule has 0 radical (unpaired) electrons. The number of carbonyl (C=O) groups is 1. The number of benzene rings is 1. The third kappa shape index (κ3) is 3.00. The Hall–Kier alpha value is -1.31. The zero-order valence-corrected chi connectivity index (χ0v) is 13.9. The van der Waals surface area contributed by atoms with Crippen LogP contribution in [0.15, 0.2) is 39.1 Å². The Labute approximate surface area is 134 Å². The quantitative estimate of drug-likeness (QED) is 0.562. The molecular formula is C14H13N3OS3. The van der Waals surface area contributed by atoms with Crippen LogP contribution in [-0.2, 0) is 0 Å². The molecule has 2 heterocycles. The molecule has 4 nitrogen and oxygen atoms in total. The van der Waals surface area contributed by atoms with Gasteiger partial charge >= 0.3 is 0 Å². The summed E-state index contributed by atoms with van der Waals surface area (Å²) in [6.45, 7) is 1.91. The highest BCUT2D eigenvalue weighted by atomic mass is 32.2. The largest absolute Gasteiger partial charge is 0.360 e. The van der Waals surface area contributed by atoms with Crippen molar-refractivity contribution >= 4 is 51.5 Å². The van der Waals surface area contributed by atoms with Gasteiger partial charge in [-0.1, -0.05) is 53.1 Å². The highest BCUT2D eigenvalue weighted by Crippen LogP contribution is 2.32. The van der Waals surface area contributed by atoms with Gasteiger partial charge in [0.25, 0.3) is 0 Å². The first-order valence-electron chi connectivity index (χ1n) is 6.33. The van der Waals surface area contributed by atoms with E-state index in [1.807, 2.05) is 37.4 Å². The zero-order valence-electron chi connectivity index (χ0n) is 11.5. The molecule has 1 N–H and O–H groups in total. The predicted molar refractivity (Wildman–Crippen MR) is 89.6 cm³/mol. The van der Waals surface area contributed by atoms with Crippen LogP contribution in [0.25, 0.3) is 10.9 Å². The number of hydrogen-bond donors (Lipinski definition) is 1. The van der Waals surface area contributed by atoms with Crippen LogP contribution in [0.1, 0.15) is 17.3 Å². The molecule has 0 spiro atoms. The summed E-state index contributed by atoms with van der Waals surface area (Å²) >= 11 is 4.55. The molecule has 0 amide bonds. The first-order chi connectivity index (χ1) is 10.2. The molecule has 0 saturated carbocycles. The summed E-state index contributed by atoms with van der Waals surface area (Å²) in [6.07, 6.45) is 3.76. The number of carbonyl (C=O) groups excluding carboxylic acids is 1. The van der Waals surface area contributed by atoms with E-state index in [9.17, 15) is 4.79 Å². The van der Waals surface area contributed by atoms with E-state index in [1.54, 1.807) is 18.0 Å². The summed E-state index contributed by atoms with van der Waals surface area (Å²) in [6, 6.07) is 7.84. The molecule has 0 aliphatic heterocycles. The van der Waals surface area contributed by atoms with E-state index >= 15 is 0 Å². The first kappa shape index (κ1) is 14.6. The van der Waals surface area contributed by atoms with E-state index in [4.69, 9.17) is 0 Å². The molecule has 1 aromatic carbocycles. The minimum Gasteiger partial charge on any atom is -0.360 e. The Morgan fingerprint density at radius 3 is 2.81 bits per heavy atom. The second-order valence-electron chi connectivity index (χ2n) is 4.41. The lowest BCUT2D eigenvalue weighted by Crippen LogP contribution is -2.12. The second-order valence-corrected chi connectivity index (χ2v) is 8.03. The lowest BCUT2D eigenvalue weighted by Gasteiger charge is -2.06. The predicted octanol–water partition coefficient (Wildman–Crippen LogP) is 4.10. The van der Waals surface area contributed by atoms with Crippen molar-refractivity contribution in [2.45, 2.75) is 20.9 Å². The van der Waals surface area contributed by atoms with Gasteiger partial charge in [-0.05, 0) is 19.2 Å². The van der Waals surface area contributed by atoms with Gasteiger partial charge in [-0.25, -0.2) is 0 Å². The lowest BCUT2D eigenvalue weighted by atomic mass is 10.1. The van der Waals surface area contributed by atoms with Crippen LogP contribution >= 0.6 is 34.9 Å². The number of ketones is 1. The summed E-state index contributed by atoms with van der Waals surface area (Å²) in [7, 11) is 0. The van der Waals surface area contributed by atoms with Gasteiger partial charge in [0.2, 0.25) is 0 Å². The molecule has 2 aromatic heterocycles. The molecule has 1 unspecified atom stereocenters. The number of aromatic nitrogens is 3. The van der Waals surface area contributed by atoms with Gasteiger partial charge in [0.15, 0.2) is 14.5 Å². The monoisotopic (exact) mass is 335 g/mol. The van der Waals surface area contributed by atoms with Crippen molar-refractivity contribution < 1.29 is 4.79 Å². The van der Waals surface area contributed by atoms with Crippen LogP contribution in [0, 0.1) is 0 Å². The molecule has 3 rings (SSSR count). The Bertz CT molecular complexity index is 780. The number of thioether (sulfide) groups is 2. The van der Waals surface area contributed by atoms with Crippen LogP contribution in [0.3, 0.4) is 0 Å². The van der Waals surface area contributed by atoms with Crippen molar-refractivity contribution in [3.8, 4) is 0 Å². The Morgan fingerprint density at radius 2 is 2.05 bits per heavy atom. The lowest BCUT2D eigenvalue weighted by molar-refractivity contribution is 0.0995. The van der Waals surface area contributed by atoms with Crippen LogP contribution in [0.4, 0.5) is 0 Å². The fourth-order valence-electron chi connectivity index (χ4n) is 2.03. The molecule has 0 fully saturated rings. The molecule has 108 valence electrons. The maximum atomic E-state index is 12.6. The summed E-state index contributed by atoms with van der Waals surface area (Å²) in [5.41, 5.74) is 1.72. The molecule has 0 saturated heterocycles. The maximum absolute atomic E-state index is 12.6. The molecule has 3 aromatic rings. The molecular weight excluding hydrogens is 322 g/mol. The minimum atomic E-state index is -0.188. The van der Waals surface area contributed by atoms with Crippen molar-refractivity contribution in [1.82, 2.24) is 15.2 Å². The highest BCUT2D eigenvalue weighted by Gasteiger charge is 2.21. The van der Waals surface area contributed by atoms with Crippen molar-refractivity contribution in [3.63, 3.8) is 0 Å². The van der Waals surface area contributed by atoms with E-state index in [2.05, 4.69) is 15.2 Å². The normalized spacial score (nSPS) is 12.7. The number of aromatic amines is 1. The summed E-state index contributed by atoms with van der Waals surface area (Å²) in [4.78, 5) is 15.8. The van der Waals surface area contributed by atoms with Gasteiger partial charge in [-0.2, -0.15) is 0 Å². The standard InChI is InChI=1S/C14H13N3OS3/c1-8(20-14-17-16-13(19-2)21-14)12(18)10-7-15-11-6-4-3-5-9(10)11/h3-8,15H,1-2H3. The third-order valence-electron chi connectivity index (χ3n) is 3.06. The number of hydrogen-bond acceptors (Lipinski definition) is 6. The second kappa shape index (κ2) is 6.21. The van der Waals surface area contributed by atoms with E-state index in [1.165, 1.54) is 23.1 Å². The zero-order chi connectivity index (χ0) is 14.8. The molecule has 0 aliphatic carbocycles. The number of rotatable bonds is 5. The van der Waals surface area contributed by atoms with Gasteiger partial charge in [-0.15, -0.1) is 10.2 Å². The Balaban J connectivity index is 1.81. The summed E-state index contributed by atoms with van der Waals surface area (Å²) in [5, 5.41) is 8.94. The highest BCUT2D eigenvalue weighted by molar-refractivity contribution is 8.03. The van der Waals surface area contributed by atoms with Crippen LogP contribution in [0.5, 0.6) is 0 Å². The average molecular weight is 335 g/mol. The fraction of sp³-hybridized carbons (Fsp3) is 0.214. The smallest absolute Gasteiger partial charge is 0.178 e. The molecule has 21 heavy (non-hydrogen) atoms. The summed E-state index contributed by atoms with van der Waals surface area (Å²) in [5.74, 6) is 0.110. The summed E-state index contributed by atoms with van der Waals surface area (Å²) < 4.78 is 1.75. The van der Waals surface area contributed by atoms with E-state index in [-0.39, 0.29) is 11.0 Å². The number of Topliss-reactive ketones (excluding diaryl/α,β-unsaturated/α-hetero) is 1. The van der Waals surface area contributed by atoms with Crippen LogP contribution < -0.4 is 0 Å². The van der Waals surface area contributed by atoms with Crippen molar-refractivity contribution in [1.29, 1.82) is 0 Å². The van der Waals surface area contributed by atoms with Gasteiger partial charge in [0.05, 0.1) is 5.25 Å². The molecule has 1 atom stereocenters. The van der Waals surface area contributed by atoms with Crippen LogP contribution in [-0.4, -0.2) is 32.5 Å². The third-order valence-corrected chi connectivity index (χ3v) is 6.15. The van der Waals surface area contributed by atoms with E-state index in [0.717, 1.165) is 25.1 Å². The minimum absolute atomic E-state index is 0.110. The van der Waals surface area contributed by atoms with Gasteiger partial charge in [0.1, 0.15) is 0 Å². The number of nitrogens with zero attached hydrogens (tertiary/aromatic N) is 2. The molecule has 0 aliphatic rings. The number of nitrogens with one attached hydrogen (secondary N) is 1. The fourth-order valence-corrected chi connectivity index (χ4v) is 4.68.